The van der Waals surface area contributed by atoms with Crippen LogP contribution in [0.3, 0.4) is 0 Å². The van der Waals surface area contributed by atoms with Gasteiger partial charge in [0, 0.05) is 12.5 Å². The van der Waals surface area contributed by atoms with E-state index in [-0.39, 0.29) is 0 Å². The van der Waals surface area contributed by atoms with Gasteiger partial charge in [-0.3, -0.25) is 0 Å². The predicted molar refractivity (Wildman–Crippen MR) is 58.8 cm³/mol. The Labute approximate surface area is 91.2 Å². The smallest absolute Gasteiger partial charge is 0.328 e. The Balaban J connectivity index is 0. The molecule has 0 aliphatic carbocycles. The Bertz CT molecular complexity index is 123. The third-order valence-corrected chi connectivity index (χ3v) is 1.99. The van der Waals surface area contributed by atoms with Crippen molar-refractivity contribution in [2.75, 3.05) is 0 Å². The van der Waals surface area contributed by atoms with Crippen molar-refractivity contribution in [2.45, 2.75) is 71.5 Å². The second-order valence-electron chi connectivity index (χ2n) is 3.66. The van der Waals surface area contributed by atoms with Gasteiger partial charge in [0.15, 0.2) is 0 Å². The van der Waals surface area contributed by atoms with Crippen molar-refractivity contribution in [3.8, 4) is 0 Å². The van der Waals surface area contributed by atoms with E-state index in [1.54, 1.807) is 0 Å². The summed E-state index contributed by atoms with van der Waals surface area (Å²) in [7, 11) is 0. The molecule has 0 spiro atoms. The van der Waals surface area contributed by atoms with Crippen molar-refractivity contribution < 1.29 is 13.2 Å². The van der Waals surface area contributed by atoms with E-state index in [1.165, 1.54) is 32.1 Å². The summed E-state index contributed by atoms with van der Waals surface area (Å²) in [5.41, 5.74) is 5.77. The molecule has 0 aliphatic rings. The zero-order chi connectivity index (χ0) is 12.3. The molecule has 0 heterocycles. The van der Waals surface area contributed by atoms with E-state index >= 15 is 0 Å². The van der Waals surface area contributed by atoms with Gasteiger partial charge in [0.25, 0.3) is 0 Å². The number of halogens is 3. The van der Waals surface area contributed by atoms with Gasteiger partial charge in [-0.05, 0) is 12.8 Å². The van der Waals surface area contributed by atoms with Crippen molar-refractivity contribution in [1.82, 2.24) is 0 Å². The maximum atomic E-state index is 10.8. The van der Waals surface area contributed by atoms with Crippen molar-refractivity contribution in [2.24, 2.45) is 5.73 Å². The van der Waals surface area contributed by atoms with Gasteiger partial charge in [0.05, 0.1) is 0 Å². The van der Waals surface area contributed by atoms with E-state index in [2.05, 4.69) is 13.8 Å². The summed E-state index contributed by atoms with van der Waals surface area (Å²) in [4.78, 5) is 0. The number of alkyl halides is 3. The lowest BCUT2D eigenvalue weighted by molar-refractivity contribution is -0.130. The summed E-state index contributed by atoms with van der Waals surface area (Å²) < 4.78 is 32.4. The molecule has 1 unspecified atom stereocenters. The molecule has 15 heavy (non-hydrogen) atoms. The van der Waals surface area contributed by atoms with Gasteiger partial charge in [0.1, 0.15) is 0 Å². The van der Waals surface area contributed by atoms with Gasteiger partial charge in [-0.2, -0.15) is 13.2 Å². The third kappa shape index (κ3) is 20.0. The van der Waals surface area contributed by atoms with Crippen LogP contribution in [0.25, 0.3) is 0 Å². The summed E-state index contributed by atoms with van der Waals surface area (Å²) in [6, 6.07) is 0.468. The molecular formula is C11H24F3N. The Kier molecular flexibility index (Phi) is 11.7. The number of hydrogen-bond donors (Lipinski definition) is 1. The second kappa shape index (κ2) is 10.3. The normalized spacial score (nSPS) is 13.0. The summed E-state index contributed by atoms with van der Waals surface area (Å²) in [6.07, 6.45) is 1.51. The van der Waals surface area contributed by atoms with Crippen molar-refractivity contribution in [1.29, 1.82) is 0 Å². The van der Waals surface area contributed by atoms with E-state index in [1.807, 2.05) is 0 Å². The quantitative estimate of drug-likeness (QED) is 0.746. The first kappa shape index (κ1) is 17.2. The van der Waals surface area contributed by atoms with E-state index < -0.39 is 12.6 Å². The fraction of sp³-hybridized carbons (Fsp3) is 1.00. The first-order valence-corrected chi connectivity index (χ1v) is 5.69. The van der Waals surface area contributed by atoms with Crippen LogP contribution >= 0.6 is 0 Å². The highest BCUT2D eigenvalue weighted by Gasteiger charge is 2.22. The molecule has 0 fully saturated rings. The molecule has 0 aromatic heterocycles. The highest BCUT2D eigenvalue weighted by atomic mass is 19.4. The maximum Gasteiger partial charge on any atom is 0.388 e. The predicted octanol–water partition coefficient (Wildman–Crippen LogP) is 4.26. The number of unbranched alkanes of at least 4 members (excludes halogenated alkanes) is 1. The van der Waals surface area contributed by atoms with E-state index in [9.17, 15) is 13.2 Å². The minimum absolute atomic E-state index is 0.468. The van der Waals surface area contributed by atoms with Crippen molar-refractivity contribution >= 4 is 0 Å². The number of rotatable bonds is 5. The van der Waals surface area contributed by atoms with Gasteiger partial charge >= 0.3 is 6.18 Å². The Morgan fingerprint density at radius 1 is 1.00 bits per heavy atom. The van der Waals surface area contributed by atoms with Crippen LogP contribution < -0.4 is 5.73 Å². The molecule has 0 saturated heterocycles. The van der Waals surface area contributed by atoms with Crippen LogP contribution in [0, 0.1) is 0 Å². The molecule has 0 rings (SSSR count). The first-order chi connectivity index (χ1) is 6.87. The van der Waals surface area contributed by atoms with Crippen LogP contribution in [0.5, 0.6) is 0 Å². The average molecular weight is 227 g/mol. The molecule has 2 N–H and O–H groups in total. The zero-order valence-electron chi connectivity index (χ0n) is 10.0. The van der Waals surface area contributed by atoms with E-state index in [0.29, 0.717) is 6.04 Å². The summed E-state index contributed by atoms with van der Waals surface area (Å²) in [6.45, 7) is 5.48. The van der Waals surface area contributed by atoms with Gasteiger partial charge in [-0.1, -0.05) is 40.0 Å². The average Bonchev–Trinajstić information content (AvgIpc) is 2.15. The molecule has 0 radical (unpaired) electrons. The number of nitrogens with two attached hydrogens (primary N) is 1. The number of hydrogen-bond acceptors (Lipinski definition) is 1. The molecule has 94 valence electrons. The van der Waals surface area contributed by atoms with Crippen LogP contribution in [-0.2, 0) is 0 Å². The molecule has 0 amide bonds. The van der Waals surface area contributed by atoms with Crippen LogP contribution in [-0.4, -0.2) is 12.2 Å². The molecule has 0 bridgehead atoms. The molecule has 0 aromatic carbocycles. The zero-order valence-corrected chi connectivity index (χ0v) is 10.0. The van der Waals surface area contributed by atoms with Crippen molar-refractivity contribution in [3.63, 3.8) is 0 Å². The molecule has 0 aromatic rings. The molecule has 0 aliphatic heterocycles. The standard InChI is InChI=1S/C8H19N.C3H5F3/c1-3-5-7-8(9)6-4-2;1-2-3(4,5)6/h8H,3-7,9H2,1-2H3;2H2,1H3. The Morgan fingerprint density at radius 3 is 1.73 bits per heavy atom. The topological polar surface area (TPSA) is 26.0 Å². The van der Waals surface area contributed by atoms with Gasteiger partial charge < -0.3 is 5.73 Å². The summed E-state index contributed by atoms with van der Waals surface area (Å²) in [5.74, 6) is 0. The van der Waals surface area contributed by atoms with Crippen LogP contribution in [0.15, 0.2) is 0 Å². The van der Waals surface area contributed by atoms with E-state index in [4.69, 9.17) is 5.73 Å². The minimum atomic E-state index is -3.96. The summed E-state index contributed by atoms with van der Waals surface area (Å²) in [5, 5.41) is 0. The van der Waals surface area contributed by atoms with E-state index in [0.717, 1.165) is 6.92 Å². The Hall–Kier alpha value is -0.250. The molecule has 4 heteroatoms. The molecule has 1 atom stereocenters. The molecular weight excluding hydrogens is 203 g/mol. The fourth-order valence-electron chi connectivity index (χ4n) is 0.981. The lowest BCUT2D eigenvalue weighted by atomic mass is 10.1. The first-order valence-electron chi connectivity index (χ1n) is 5.69. The van der Waals surface area contributed by atoms with Gasteiger partial charge in [0.2, 0.25) is 0 Å². The SMILES string of the molecule is CCC(F)(F)F.CCCCC(N)CCC. The highest BCUT2D eigenvalue weighted by molar-refractivity contribution is 4.58. The fourth-order valence-corrected chi connectivity index (χ4v) is 0.981. The Morgan fingerprint density at radius 2 is 1.47 bits per heavy atom. The van der Waals surface area contributed by atoms with Crippen LogP contribution in [0.4, 0.5) is 13.2 Å². The molecule has 1 nitrogen and oxygen atoms in total. The lowest BCUT2D eigenvalue weighted by Gasteiger charge is -2.07. The highest BCUT2D eigenvalue weighted by Crippen LogP contribution is 2.17. The molecule has 0 saturated carbocycles. The van der Waals surface area contributed by atoms with Crippen molar-refractivity contribution in [3.05, 3.63) is 0 Å². The van der Waals surface area contributed by atoms with Crippen LogP contribution in [0.2, 0.25) is 0 Å². The van der Waals surface area contributed by atoms with Gasteiger partial charge in [-0.25, -0.2) is 0 Å². The van der Waals surface area contributed by atoms with Gasteiger partial charge in [-0.15, -0.1) is 0 Å². The van der Waals surface area contributed by atoms with Crippen LogP contribution in [0.1, 0.15) is 59.3 Å². The minimum Gasteiger partial charge on any atom is -0.328 e. The largest absolute Gasteiger partial charge is 0.388 e. The summed E-state index contributed by atoms with van der Waals surface area (Å²) >= 11 is 0. The second-order valence-corrected chi connectivity index (χ2v) is 3.66. The maximum absolute atomic E-state index is 10.8. The third-order valence-electron chi connectivity index (χ3n) is 1.99. The monoisotopic (exact) mass is 227 g/mol. The lowest BCUT2D eigenvalue weighted by Crippen LogP contribution is -2.18.